The average Bonchev–Trinajstić information content (AvgIpc) is 2.26. The van der Waals surface area contributed by atoms with Gasteiger partial charge in [-0.3, -0.25) is 4.90 Å². The van der Waals surface area contributed by atoms with Gasteiger partial charge in [-0.05, 0) is 31.2 Å². The standard InChI is InChI=1S/C11H22N2O2S/c1-3-9-8-13-5-4-10(9)6-11(13)7-12-16(2,14)15/h9-12H,3-8H2,1-2H3/t9-,10-,11+/m0/s1. The molecule has 0 aromatic heterocycles. The van der Waals surface area contributed by atoms with Gasteiger partial charge >= 0.3 is 0 Å². The smallest absolute Gasteiger partial charge is 0.208 e. The van der Waals surface area contributed by atoms with Gasteiger partial charge in [-0.1, -0.05) is 13.3 Å². The van der Waals surface area contributed by atoms with Crippen LogP contribution in [0.1, 0.15) is 26.2 Å². The van der Waals surface area contributed by atoms with E-state index in [9.17, 15) is 8.42 Å². The third-order valence-electron chi connectivity index (χ3n) is 4.12. The maximum absolute atomic E-state index is 11.1. The van der Waals surface area contributed by atoms with E-state index in [2.05, 4.69) is 16.5 Å². The van der Waals surface area contributed by atoms with Crippen LogP contribution < -0.4 is 4.72 Å². The van der Waals surface area contributed by atoms with E-state index in [1.165, 1.54) is 25.5 Å². The van der Waals surface area contributed by atoms with Gasteiger partial charge < -0.3 is 0 Å². The molecule has 3 fully saturated rings. The van der Waals surface area contributed by atoms with E-state index in [0.29, 0.717) is 12.6 Å². The van der Waals surface area contributed by atoms with Gasteiger partial charge in [0.1, 0.15) is 0 Å². The third kappa shape index (κ3) is 2.76. The molecule has 16 heavy (non-hydrogen) atoms. The third-order valence-corrected chi connectivity index (χ3v) is 4.81. The molecule has 3 heterocycles. The van der Waals surface area contributed by atoms with Crippen molar-refractivity contribution in [2.45, 2.75) is 32.2 Å². The van der Waals surface area contributed by atoms with Crippen LogP contribution in [0.25, 0.3) is 0 Å². The first-order valence-corrected chi connectivity index (χ1v) is 8.07. The molecule has 0 saturated carbocycles. The maximum Gasteiger partial charge on any atom is 0.208 e. The predicted octanol–water partition coefficient (Wildman–Crippen LogP) is 0.656. The van der Waals surface area contributed by atoms with Crippen molar-refractivity contribution in [2.24, 2.45) is 11.8 Å². The number of nitrogens with one attached hydrogen (secondary N) is 1. The average molecular weight is 246 g/mol. The SMILES string of the molecule is CC[C@H]1CN2CC[C@H]1C[C@@H]2CNS(C)(=O)=O. The van der Waals surface area contributed by atoms with Gasteiger partial charge in [0, 0.05) is 19.1 Å². The molecule has 94 valence electrons. The Kier molecular flexibility index (Phi) is 3.56. The minimum atomic E-state index is -3.04. The minimum absolute atomic E-state index is 0.427. The van der Waals surface area contributed by atoms with Crippen LogP contribution in [0.5, 0.6) is 0 Å². The molecule has 0 amide bonds. The summed E-state index contributed by atoms with van der Waals surface area (Å²) in [4.78, 5) is 2.46. The number of hydrogen-bond acceptors (Lipinski definition) is 3. The number of fused-ring (bicyclic) bond motifs is 3. The summed E-state index contributed by atoms with van der Waals surface area (Å²) in [6.07, 6.45) is 4.96. The van der Waals surface area contributed by atoms with Gasteiger partial charge in [0.05, 0.1) is 6.26 Å². The summed E-state index contributed by atoms with van der Waals surface area (Å²) < 4.78 is 24.8. The highest BCUT2D eigenvalue weighted by Gasteiger charge is 2.38. The molecular formula is C11H22N2O2S. The van der Waals surface area contributed by atoms with E-state index in [-0.39, 0.29) is 0 Å². The first-order chi connectivity index (χ1) is 7.49. The second-order valence-electron chi connectivity index (χ2n) is 5.22. The lowest BCUT2D eigenvalue weighted by Gasteiger charge is -2.49. The normalized spacial score (nSPS) is 38.9. The summed E-state index contributed by atoms with van der Waals surface area (Å²) >= 11 is 0. The number of hydrogen-bond donors (Lipinski definition) is 1. The minimum Gasteiger partial charge on any atom is -0.299 e. The molecule has 3 rings (SSSR count). The molecule has 3 aliphatic heterocycles. The fourth-order valence-corrected chi connectivity index (χ4v) is 3.67. The Labute approximate surface area is 98.4 Å². The summed E-state index contributed by atoms with van der Waals surface area (Å²) in [6, 6.07) is 0.427. The quantitative estimate of drug-likeness (QED) is 0.792. The van der Waals surface area contributed by atoms with Crippen molar-refractivity contribution in [3.05, 3.63) is 0 Å². The zero-order valence-corrected chi connectivity index (χ0v) is 11.0. The molecule has 1 unspecified atom stereocenters. The van der Waals surface area contributed by atoms with Crippen molar-refractivity contribution in [1.29, 1.82) is 0 Å². The Morgan fingerprint density at radius 1 is 1.44 bits per heavy atom. The van der Waals surface area contributed by atoms with Crippen molar-refractivity contribution in [1.82, 2.24) is 9.62 Å². The molecule has 4 nitrogen and oxygen atoms in total. The highest BCUT2D eigenvalue weighted by molar-refractivity contribution is 7.88. The number of piperidine rings is 3. The van der Waals surface area contributed by atoms with Crippen molar-refractivity contribution in [3.63, 3.8) is 0 Å². The second kappa shape index (κ2) is 4.63. The lowest BCUT2D eigenvalue weighted by molar-refractivity contribution is 0.00238. The summed E-state index contributed by atoms with van der Waals surface area (Å²) in [5.74, 6) is 1.66. The Hall–Kier alpha value is -0.130. The Balaban J connectivity index is 1.90. The Morgan fingerprint density at radius 3 is 2.69 bits per heavy atom. The van der Waals surface area contributed by atoms with Crippen LogP contribution in [0.3, 0.4) is 0 Å². The summed E-state index contributed by atoms with van der Waals surface area (Å²) in [5.41, 5.74) is 0. The predicted molar refractivity (Wildman–Crippen MR) is 64.7 cm³/mol. The molecule has 5 heteroatoms. The van der Waals surface area contributed by atoms with Crippen molar-refractivity contribution >= 4 is 10.0 Å². The molecule has 0 aromatic rings. The van der Waals surface area contributed by atoms with Gasteiger partial charge in [0.2, 0.25) is 10.0 Å². The zero-order chi connectivity index (χ0) is 11.8. The van der Waals surface area contributed by atoms with E-state index in [1.54, 1.807) is 0 Å². The molecule has 0 aliphatic carbocycles. The highest BCUT2D eigenvalue weighted by Crippen LogP contribution is 2.37. The lowest BCUT2D eigenvalue weighted by Crippen LogP contribution is -2.56. The zero-order valence-electron chi connectivity index (χ0n) is 10.1. The topological polar surface area (TPSA) is 49.4 Å². The van der Waals surface area contributed by atoms with E-state index in [4.69, 9.17) is 0 Å². The van der Waals surface area contributed by atoms with Crippen LogP contribution in [0, 0.1) is 11.8 Å². The maximum atomic E-state index is 11.1. The van der Waals surface area contributed by atoms with Crippen LogP contribution in [0.4, 0.5) is 0 Å². The fraction of sp³-hybridized carbons (Fsp3) is 1.00. The van der Waals surface area contributed by atoms with E-state index >= 15 is 0 Å². The van der Waals surface area contributed by atoms with Crippen LogP contribution >= 0.6 is 0 Å². The summed E-state index contributed by atoms with van der Waals surface area (Å²) in [6.45, 7) is 5.16. The molecule has 3 aliphatic rings. The molecule has 0 aromatic carbocycles. The van der Waals surface area contributed by atoms with E-state index in [1.807, 2.05) is 0 Å². The molecule has 0 radical (unpaired) electrons. The molecule has 0 spiro atoms. The molecule has 1 N–H and O–H groups in total. The fourth-order valence-electron chi connectivity index (χ4n) is 3.17. The van der Waals surface area contributed by atoms with Crippen molar-refractivity contribution in [2.75, 3.05) is 25.9 Å². The van der Waals surface area contributed by atoms with Gasteiger partial charge in [0.25, 0.3) is 0 Å². The van der Waals surface area contributed by atoms with Gasteiger partial charge in [-0.15, -0.1) is 0 Å². The van der Waals surface area contributed by atoms with Crippen LogP contribution in [0.2, 0.25) is 0 Å². The number of sulfonamides is 1. The van der Waals surface area contributed by atoms with Crippen molar-refractivity contribution < 1.29 is 8.42 Å². The van der Waals surface area contributed by atoms with Crippen LogP contribution in [-0.2, 0) is 10.0 Å². The van der Waals surface area contributed by atoms with Crippen molar-refractivity contribution in [3.8, 4) is 0 Å². The van der Waals surface area contributed by atoms with E-state index in [0.717, 1.165) is 24.9 Å². The van der Waals surface area contributed by atoms with Crippen LogP contribution in [-0.4, -0.2) is 45.2 Å². The molecule has 3 saturated heterocycles. The Bertz CT molecular complexity index is 342. The Morgan fingerprint density at radius 2 is 2.19 bits per heavy atom. The van der Waals surface area contributed by atoms with Gasteiger partial charge in [0.15, 0.2) is 0 Å². The van der Waals surface area contributed by atoms with Gasteiger partial charge in [-0.25, -0.2) is 13.1 Å². The first kappa shape index (κ1) is 12.3. The summed E-state index contributed by atoms with van der Waals surface area (Å²) in [5, 5.41) is 0. The first-order valence-electron chi connectivity index (χ1n) is 6.18. The number of rotatable bonds is 4. The largest absolute Gasteiger partial charge is 0.299 e. The monoisotopic (exact) mass is 246 g/mol. The molecule has 2 bridgehead atoms. The van der Waals surface area contributed by atoms with Crippen LogP contribution in [0.15, 0.2) is 0 Å². The molecule has 4 atom stereocenters. The number of nitrogens with zero attached hydrogens (tertiary/aromatic N) is 1. The molecular weight excluding hydrogens is 224 g/mol. The summed E-state index contributed by atoms with van der Waals surface area (Å²) in [7, 11) is -3.04. The lowest BCUT2D eigenvalue weighted by atomic mass is 9.74. The second-order valence-corrected chi connectivity index (χ2v) is 7.06. The van der Waals surface area contributed by atoms with E-state index < -0.39 is 10.0 Å². The highest BCUT2D eigenvalue weighted by atomic mass is 32.2. The van der Waals surface area contributed by atoms with Gasteiger partial charge in [-0.2, -0.15) is 0 Å².